The molecular weight excluding hydrogens is 253 g/mol. The summed E-state index contributed by atoms with van der Waals surface area (Å²) < 4.78 is 15.6. The molecule has 0 aliphatic carbocycles. The number of aromatic nitrogens is 2. The predicted molar refractivity (Wildman–Crippen MR) is 80.0 cm³/mol. The molecule has 2 aromatic rings. The Morgan fingerprint density at radius 1 is 1.30 bits per heavy atom. The normalized spacial score (nSPS) is 12.7. The second-order valence-corrected chi connectivity index (χ2v) is 5.16. The number of nitrogens with zero attached hydrogens (tertiary/aromatic N) is 2. The van der Waals surface area contributed by atoms with Crippen LogP contribution in [-0.4, -0.2) is 22.9 Å². The van der Waals surface area contributed by atoms with Crippen molar-refractivity contribution in [2.24, 2.45) is 0 Å². The topological polar surface area (TPSA) is 29.9 Å². The Labute approximate surface area is 119 Å². The first-order valence-electron chi connectivity index (χ1n) is 7.08. The van der Waals surface area contributed by atoms with E-state index in [0.29, 0.717) is 11.6 Å². The van der Waals surface area contributed by atoms with Gasteiger partial charge in [-0.05, 0) is 38.4 Å². The second kappa shape index (κ2) is 6.18. The van der Waals surface area contributed by atoms with E-state index in [1.54, 1.807) is 16.8 Å². The van der Waals surface area contributed by atoms with Crippen LogP contribution in [0.15, 0.2) is 24.3 Å². The molecule has 1 aromatic carbocycles. The summed E-state index contributed by atoms with van der Waals surface area (Å²) in [6, 6.07) is 6.75. The molecule has 0 aliphatic rings. The Morgan fingerprint density at radius 3 is 2.65 bits per heavy atom. The third-order valence-electron chi connectivity index (χ3n) is 3.62. The quantitative estimate of drug-likeness (QED) is 0.907. The number of aryl methyl sites for hydroxylation is 1. The van der Waals surface area contributed by atoms with E-state index in [9.17, 15) is 4.39 Å². The van der Waals surface area contributed by atoms with Crippen LogP contribution in [0.3, 0.4) is 0 Å². The van der Waals surface area contributed by atoms with Crippen LogP contribution in [0, 0.1) is 19.7 Å². The van der Waals surface area contributed by atoms with Gasteiger partial charge in [0.1, 0.15) is 11.5 Å². The number of nitrogens with one attached hydrogen (secondary N) is 1. The Hall–Kier alpha value is -1.68. The number of benzene rings is 1. The lowest BCUT2D eigenvalue weighted by Gasteiger charge is -2.13. The molecule has 108 valence electrons. The van der Waals surface area contributed by atoms with Crippen molar-refractivity contribution in [1.82, 2.24) is 15.1 Å². The first-order valence-corrected chi connectivity index (χ1v) is 7.08. The second-order valence-electron chi connectivity index (χ2n) is 5.16. The summed E-state index contributed by atoms with van der Waals surface area (Å²) in [5.41, 5.74) is 3.69. The fourth-order valence-corrected chi connectivity index (χ4v) is 2.69. The predicted octanol–water partition coefficient (Wildman–Crippen LogP) is 3.34. The molecule has 1 unspecified atom stereocenters. The van der Waals surface area contributed by atoms with E-state index in [4.69, 9.17) is 0 Å². The molecule has 0 saturated carbocycles. The van der Waals surface area contributed by atoms with Gasteiger partial charge >= 0.3 is 0 Å². The maximum Gasteiger partial charge on any atom is 0.148 e. The smallest absolute Gasteiger partial charge is 0.148 e. The number of hydrogen-bond donors (Lipinski definition) is 1. The van der Waals surface area contributed by atoms with Crippen LogP contribution < -0.4 is 5.32 Å². The molecule has 1 heterocycles. The summed E-state index contributed by atoms with van der Waals surface area (Å²) in [4.78, 5) is 0. The van der Waals surface area contributed by atoms with Gasteiger partial charge in [0, 0.05) is 17.8 Å². The Balaban J connectivity index is 2.41. The lowest BCUT2D eigenvalue weighted by atomic mass is 9.99. The zero-order valence-corrected chi connectivity index (χ0v) is 12.6. The molecule has 3 nitrogen and oxygen atoms in total. The van der Waals surface area contributed by atoms with Crippen LogP contribution in [0.1, 0.15) is 36.7 Å². The van der Waals surface area contributed by atoms with E-state index in [1.807, 2.05) is 19.9 Å². The average Bonchev–Trinajstić information content (AvgIpc) is 2.72. The Bertz CT molecular complexity index is 589. The largest absolute Gasteiger partial charge is 0.316 e. The van der Waals surface area contributed by atoms with Crippen molar-refractivity contribution in [3.05, 3.63) is 47.0 Å². The van der Waals surface area contributed by atoms with Crippen LogP contribution >= 0.6 is 0 Å². The highest BCUT2D eigenvalue weighted by atomic mass is 19.1. The molecule has 0 radical (unpaired) electrons. The highest BCUT2D eigenvalue weighted by Gasteiger charge is 2.19. The van der Waals surface area contributed by atoms with Crippen molar-refractivity contribution in [3.63, 3.8) is 0 Å². The fourth-order valence-electron chi connectivity index (χ4n) is 2.69. The minimum absolute atomic E-state index is 0.246. The van der Waals surface area contributed by atoms with Crippen LogP contribution in [0.2, 0.25) is 0 Å². The molecule has 0 saturated heterocycles. The van der Waals surface area contributed by atoms with Gasteiger partial charge in [-0.3, -0.25) is 0 Å². The third-order valence-corrected chi connectivity index (χ3v) is 3.62. The van der Waals surface area contributed by atoms with E-state index in [-0.39, 0.29) is 5.82 Å². The molecular formula is C16H22FN3. The number of para-hydroxylation sites is 1. The van der Waals surface area contributed by atoms with Crippen LogP contribution in [0.4, 0.5) is 4.39 Å². The van der Waals surface area contributed by atoms with E-state index >= 15 is 0 Å². The standard InChI is InChI=1S/C16H22FN3/c1-5-18-10-11(2)16-12(3)19-20(13(16)4)15-9-7-6-8-14(15)17/h6-9,11,18H,5,10H2,1-4H3. The minimum Gasteiger partial charge on any atom is -0.316 e. The van der Waals surface area contributed by atoms with Gasteiger partial charge in [0.05, 0.1) is 5.69 Å². The van der Waals surface area contributed by atoms with E-state index in [0.717, 1.165) is 24.5 Å². The maximum atomic E-state index is 13.9. The van der Waals surface area contributed by atoms with Gasteiger partial charge in [-0.1, -0.05) is 26.0 Å². The van der Waals surface area contributed by atoms with Crippen molar-refractivity contribution >= 4 is 0 Å². The third kappa shape index (κ3) is 2.75. The summed E-state index contributed by atoms with van der Waals surface area (Å²) in [6.07, 6.45) is 0. The molecule has 1 aromatic heterocycles. The lowest BCUT2D eigenvalue weighted by Crippen LogP contribution is -2.20. The lowest BCUT2D eigenvalue weighted by molar-refractivity contribution is 0.606. The number of likely N-dealkylation sites (N-methyl/N-ethyl adjacent to an activating group) is 1. The Morgan fingerprint density at radius 2 is 2.00 bits per heavy atom. The van der Waals surface area contributed by atoms with Crippen molar-refractivity contribution < 1.29 is 4.39 Å². The monoisotopic (exact) mass is 275 g/mol. The van der Waals surface area contributed by atoms with Gasteiger partial charge in [-0.25, -0.2) is 9.07 Å². The summed E-state index contributed by atoms with van der Waals surface area (Å²) in [5, 5.41) is 7.87. The van der Waals surface area contributed by atoms with Crippen molar-refractivity contribution in [2.45, 2.75) is 33.6 Å². The molecule has 4 heteroatoms. The zero-order chi connectivity index (χ0) is 14.7. The molecule has 20 heavy (non-hydrogen) atoms. The molecule has 0 bridgehead atoms. The summed E-state index contributed by atoms with van der Waals surface area (Å²) >= 11 is 0. The van der Waals surface area contributed by atoms with Crippen molar-refractivity contribution in [2.75, 3.05) is 13.1 Å². The summed E-state index contributed by atoms with van der Waals surface area (Å²) in [5.74, 6) is 0.111. The molecule has 2 rings (SSSR count). The van der Waals surface area contributed by atoms with E-state index in [1.165, 1.54) is 11.6 Å². The number of rotatable bonds is 5. The molecule has 1 N–H and O–H groups in total. The van der Waals surface area contributed by atoms with Crippen molar-refractivity contribution in [1.29, 1.82) is 0 Å². The SMILES string of the molecule is CCNCC(C)c1c(C)nn(-c2ccccc2F)c1C. The fraction of sp³-hybridized carbons (Fsp3) is 0.438. The average molecular weight is 275 g/mol. The van der Waals surface area contributed by atoms with Crippen LogP contribution in [0.25, 0.3) is 5.69 Å². The summed E-state index contributed by atoms with van der Waals surface area (Å²) in [6.45, 7) is 10.1. The summed E-state index contributed by atoms with van der Waals surface area (Å²) in [7, 11) is 0. The van der Waals surface area contributed by atoms with Gasteiger partial charge in [0.2, 0.25) is 0 Å². The molecule has 1 atom stereocenters. The molecule has 0 aliphatic heterocycles. The number of hydrogen-bond acceptors (Lipinski definition) is 2. The van der Waals surface area contributed by atoms with Crippen LogP contribution in [0.5, 0.6) is 0 Å². The first-order chi connectivity index (χ1) is 9.56. The first kappa shape index (κ1) is 14.7. The van der Waals surface area contributed by atoms with Gasteiger partial charge in [0.15, 0.2) is 0 Å². The molecule has 0 fully saturated rings. The highest BCUT2D eigenvalue weighted by Crippen LogP contribution is 2.25. The number of halogens is 1. The highest BCUT2D eigenvalue weighted by molar-refractivity contribution is 5.39. The Kier molecular flexibility index (Phi) is 4.55. The van der Waals surface area contributed by atoms with Crippen LogP contribution in [-0.2, 0) is 0 Å². The molecule has 0 spiro atoms. The van der Waals surface area contributed by atoms with Gasteiger partial charge in [0.25, 0.3) is 0 Å². The zero-order valence-electron chi connectivity index (χ0n) is 12.6. The maximum absolute atomic E-state index is 13.9. The van der Waals surface area contributed by atoms with Gasteiger partial charge in [-0.2, -0.15) is 5.10 Å². The van der Waals surface area contributed by atoms with Gasteiger partial charge in [-0.15, -0.1) is 0 Å². The van der Waals surface area contributed by atoms with Crippen molar-refractivity contribution in [3.8, 4) is 5.69 Å². The van der Waals surface area contributed by atoms with E-state index in [2.05, 4.69) is 24.3 Å². The minimum atomic E-state index is -0.246. The van der Waals surface area contributed by atoms with Gasteiger partial charge < -0.3 is 5.32 Å². The van der Waals surface area contributed by atoms with E-state index < -0.39 is 0 Å². The molecule has 0 amide bonds.